The number of hydrogen-bond donors (Lipinski definition) is 1. The SMILES string of the molecule is CC(C)(C)NC(CS(=O)[O-])C(=O)C(C)(C)C. The molecule has 0 saturated carbocycles. The molecule has 0 radical (unpaired) electrons. The minimum Gasteiger partial charge on any atom is -0.772 e. The monoisotopic (exact) mass is 248 g/mol. The molecular weight excluding hydrogens is 226 g/mol. The number of rotatable bonds is 4. The van der Waals surface area contributed by atoms with Gasteiger partial charge in [-0.1, -0.05) is 31.9 Å². The molecule has 0 amide bonds. The Kier molecular flexibility index (Phi) is 5.29. The van der Waals surface area contributed by atoms with Crippen molar-refractivity contribution in [3.05, 3.63) is 0 Å². The molecular formula is C11H22NO3S-. The quantitative estimate of drug-likeness (QED) is 0.760. The summed E-state index contributed by atoms with van der Waals surface area (Å²) in [4.78, 5) is 12.0. The maximum atomic E-state index is 12.0. The molecule has 0 bridgehead atoms. The number of Topliss-reactive ketones (excluding diaryl/α,β-unsaturated/α-hetero) is 1. The van der Waals surface area contributed by atoms with E-state index in [1.54, 1.807) is 20.8 Å². The molecule has 2 atom stereocenters. The van der Waals surface area contributed by atoms with E-state index in [2.05, 4.69) is 5.32 Å². The van der Waals surface area contributed by atoms with Gasteiger partial charge in [0.2, 0.25) is 0 Å². The number of hydrogen-bond acceptors (Lipinski definition) is 4. The Morgan fingerprint density at radius 2 is 1.69 bits per heavy atom. The Morgan fingerprint density at radius 3 is 1.94 bits per heavy atom. The predicted molar refractivity (Wildman–Crippen MR) is 64.9 cm³/mol. The highest BCUT2D eigenvalue weighted by molar-refractivity contribution is 7.79. The van der Waals surface area contributed by atoms with Crippen molar-refractivity contribution in [2.45, 2.75) is 53.1 Å². The standard InChI is InChI=1S/C11H23NO3S/c1-10(2,3)9(13)8(7-16(14)15)12-11(4,5)6/h8,12H,7H2,1-6H3,(H,14,15)/p-1. The zero-order chi connectivity index (χ0) is 13.1. The third-order valence-electron chi connectivity index (χ3n) is 1.97. The van der Waals surface area contributed by atoms with Crippen LogP contribution in [0.25, 0.3) is 0 Å². The largest absolute Gasteiger partial charge is 0.772 e. The summed E-state index contributed by atoms with van der Waals surface area (Å²) in [5.41, 5.74) is -0.826. The maximum absolute atomic E-state index is 12.0. The molecule has 5 heteroatoms. The van der Waals surface area contributed by atoms with Crippen LogP contribution in [0.5, 0.6) is 0 Å². The first-order valence-electron chi connectivity index (χ1n) is 5.31. The van der Waals surface area contributed by atoms with E-state index in [1.165, 1.54) is 0 Å². The molecule has 2 unspecified atom stereocenters. The van der Waals surface area contributed by atoms with E-state index in [9.17, 15) is 13.6 Å². The van der Waals surface area contributed by atoms with Crippen LogP contribution in [0.4, 0.5) is 0 Å². The van der Waals surface area contributed by atoms with Gasteiger partial charge in [0, 0.05) is 16.7 Å². The van der Waals surface area contributed by atoms with Gasteiger partial charge in [0.05, 0.1) is 6.04 Å². The second-order valence-corrected chi connectivity index (χ2v) is 6.97. The molecule has 4 nitrogen and oxygen atoms in total. The Morgan fingerprint density at radius 1 is 1.25 bits per heavy atom. The average Bonchev–Trinajstić information content (AvgIpc) is 1.96. The highest BCUT2D eigenvalue weighted by atomic mass is 32.2. The molecule has 16 heavy (non-hydrogen) atoms. The molecule has 0 rings (SSSR count). The highest BCUT2D eigenvalue weighted by Crippen LogP contribution is 2.18. The van der Waals surface area contributed by atoms with Crippen molar-refractivity contribution in [2.24, 2.45) is 5.41 Å². The molecule has 0 aromatic carbocycles. The van der Waals surface area contributed by atoms with Crippen molar-refractivity contribution < 1.29 is 13.6 Å². The van der Waals surface area contributed by atoms with E-state index in [0.717, 1.165) is 0 Å². The Balaban J connectivity index is 4.81. The van der Waals surface area contributed by atoms with Crippen LogP contribution in [0.1, 0.15) is 41.5 Å². The smallest absolute Gasteiger partial charge is 0.155 e. The first-order chi connectivity index (χ1) is 6.93. The van der Waals surface area contributed by atoms with Gasteiger partial charge in [-0.2, -0.15) is 0 Å². The Labute approximate surface area is 100 Å². The zero-order valence-corrected chi connectivity index (χ0v) is 11.7. The van der Waals surface area contributed by atoms with Crippen molar-refractivity contribution in [3.8, 4) is 0 Å². The first-order valence-corrected chi connectivity index (χ1v) is 6.56. The fourth-order valence-corrected chi connectivity index (χ4v) is 1.87. The van der Waals surface area contributed by atoms with Crippen molar-refractivity contribution in [1.29, 1.82) is 0 Å². The molecule has 0 aromatic rings. The lowest BCUT2D eigenvalue weighted by Gasteiger charge is -2.32. The van der Waals surface area contributed by atoms with Crippen molar-refractivity contribution in [1.82, 2.24) is 5.32 Å². The van der Waals surface area contributed by atoms with Gasteiger partial charge in [0.1, 0.15) is 0 Å². The van der Waals surface area contributed by atoms with Gasteiger partial charge in [-0.3, -0.25) is 9.00 Å². The normalized spacial score (nSPS) is 16.9. The van der Waals surface area contributed by atoms with Crippen molar-refractivity contribution in [2.75, 3.05) is 5.75 Å². The van der Waals surface area contributed by atoms with E-state index in [4.69, 9.17) is 0 Å². The number of carbonyl (C=O) groups is 1. The molecule has 0 heterocycles. The fourth-order valence-electron chi connectivity index (χ4n) is 1.36. The fraction of sp³-hybridized carbons (Fsp3) is 0.909. The minimum absolute atomic E-state index is 0.0772. The molecule has 0 aliphatic rings. The van der Waals surface area contributed by atoms with E-state index in [1.807, 2.05) is 20.8 Å². The summed E-state index contributed by atoms with van der Waals surface area (Å²) < 4.78 is 21.5. The van der Waals surface area contributed by atoms with Crippen molar-refractivity contribution in [3.63, 3.8) is 0 Å². The lowest BCUT2D eigenvalue weighted by Crippen LogP contribution is -2.53. The summed E-state index contributed by atoms with van der Waals surface area (Å²) >= 11 is -2.22. The van der Waals surface area contributed by atoms with Crippen LogP contribution in [0.2, 0.25) is 0 Å². The maximum Gasteiger partial charge on any atom is 0.155 e. The molecule has 0 spiro atoms. The van der Waals surface area contributed by atoms with E-state index in [0.29, 0.717) is 0 Å². The molecule has 0 fully saturated rings. The van der Waals surface area contributed by atoms with Crippen LogP contribution in [0.3, 0.4) is 0 Å². The van der Waals surface area contributed by atoms with Gasteiger partial charge in [-0.15, -0.1) is 0 Å². The summed E-state index contributed by atoms with van der Waals surface area (Å²) in [5, 5.41) is 3.05. The van der Waals surface area contributed by atoms with Crippen LogP contribution < -0.4 is 5.32 Å². The van der Waals surface area contributed by atoms with Gasteiger partial charge in [-0.25, -0.2) is 0 Å². The minimum atomic E-state index is -2.22. The van der Waals surface area contributed by atoms with Gasteiger partial charge < -0.3 is 9.87 Å². The molecule has 0 aromatic heterocycles. The predicted octanol–water partition coefficient (Wildman–Crippen LogP) is 1.24. The van der Waals surface area contributed by atoms with Crippen LogP contribution in [-0.2, 0) is 15.9 Å². The molecule has 0 aliphatic heterocycles. The van der Waals surface area contributed by atoms with Crippen LogP contribution in [0.15, 0.2) is 0 Å². The summed E-state index contributed by atoms with van der Waals surface area (Å²) in [6, 6.07) is -0.640. The summed E-state index contributed by atoms with van der Waals surface area (Å²) in [7, 11) is 0. The van der Waals surface area contributed by atoms with Crippen LogP contribution in [-0.4, -0.2) is 31.9 Å². The molecule has 1 N–H and O–H groups in total. The molecule has 0 saturated heterocycles. The van der Waals surface area contributed by atoms with E-state index < -0.39 is 22.5 Å². The van der Waals surface area contributed by atoms with Gasteiger partial charge in [-0.05, 0) is 20.8 Å². The van der Waals surface area contributed by atoms with Crippen LogP contribution in [0, 0.1) is 5.41 Å². The van der Waals surface area contributed by atoms with Crippen molar-refractivity contribution >= 4 is 16.9 Å². The van der Waals surface area contributed by atoms with Gasteiger partial charge in [0.25, 0.3) is 0 Å². The summed E-state index contributed by atoms with van der Waals surface area (Å²) in [6.45, 7) is 11.1. The molecule has 0 aliphatic carbocycles. The topological polar surface area (TPSA) is 69.2 Å². The van der Waals surface area contributed by atoms with E-state index in [-0.39, 0.29) is 17.1 Å². The summed E-state index contributed by atoms with van der Waals surface area (Å²) in [6.07, 6.45) is 0. The van der Waals surface area contributed by atoms with Gasteiger partial charge in [0.15, 0.2) is 5.78 Å². The van der Waals surface area contributed by atoms with Gasteiger partial charge >= 0.3 is 0 Å². The zero-order valence-electron chi connectivity index (χ0n) is 10.9. The number of nitrogens with one attached hydrogen (secondary N) is 1. The third kappa shape index (κ3) is 6.35. The molecule has 96 valence electrons. The second-order valence-electron chi connectivity index (χ2n) is 6.03. The van der Waals surface area contributed by atoms with E-state index >= 15 is 0 Å². The lowest BCUT2D eigenvalue weighted by molar-refractivity contribution is -0.128. The Bertz CT molecular complexity index is 276. The summed E-state index contributed by atoms with van der Waals surface area (Å²) in [5.74, 6) is -0.250. The average molecular weight is 248 g/mol. The number of carbonyl (C=O) groups excluding carboxylic acids is 1. The highest BCUT2D eigenvalue weighted by Gasteiger charge is 2.31. The first kappa shape index (κ1) is 15.7. The number of ketones is 1. The lowest BCUT2D eigenvalue weighted by atomic mass is 9.86. The second kappa shape index (κ2) is 5.38. The van der Waals surface area contributed by atoms with Crippen LogP contribution >= 0.6 is 0 Å². The Hall–Kier alpha value is -0.260. The third-order valence-corrected chi connectivity index (χ3v) is 2.57.